The highest BCUT2D eigenvalue weighted by atomic mass is 19.1. The van der Waals surface area contributed by atoms with Crippen LogP contribution in [0.25, 0.3) is 0 Å². The van der Waals surface area contributed by atoms with E-state index in [4.69, 9.17) is 10.00 Å². The Labute approximate surface area is 206 Å². The number of nitrogens with zero attached hydrogens (tertiary/aromatic N) is 4. The van der Waals surface area contributed by atoms with E-state index in [0.717, 1.165) is 68.6 Å². The first-order valence-corrected chi connectivity index (χ1v) is 11.9. The number of halogens is 1. The summed E-state index contributed by atoms with van der Waals surface area (Å²) < 4.78 is 19.5. The lowest BCUT2D eigenvalue weighted by molar-refractivity contribution is 0.0446. The first-order chi connectivity index (χ1) is 16.4. The molecular weight excluding hydrogens is 447 g/mol. The Hall–Kier alpha value is -3.02. The molecule has 4 heterocycles. The molecule has 186 valence electrons. The van der Waals surface area contributed by atoms with E-state index >= 15 is 0 Å². The lowest BCUT2D eigenvalue weighted by atomic mass is 9.71. The van der Waals surface area contributed by atoms with Gasteiger partial charge >= 0.3 is 5.97 Å². The number of anilines is 1. The fraction of sp³-hybridized carbons (Fsp3) is 0.519. The largest absolute Gasteiger partial charge is 0.457 e. The van der Waals surface area contributed by atoms with Crippen LogP contribution in [0.1, 0.15) is 71.8 Å². The molecule has 1 aromatic carbocycles. The normalized spacial score (nSPS) is 20.1. The molecule has 1 N–H and O–H groups in total. The van der Waals surface area contributed by atoms with Crippen molar-refractivity contribution >= 4 is 11.8 Å². The molecule has 1 unspecified atom stereocenters. The van der Waals surface area contributed by atoms with Gasteiger partial charge < -0.3 is 19.6 Å². The Morgan fingerprint density at radius 3 is 2.57 bits per heavy atom. The molecule has 0 bridgehead atoms. The average Bonchev–Trinajstić information content (AvgIpc) is 3.23. The van der Waals surface area contributed by atoms with E-state index in [0.29, 0.717) is 17.9 Å². The quantitative estimate of drug-likeness (QED) is 0.659. The molecule has 0 aliphatic carbocycles. The number of β-amino-alcohol motifs (C(OH)–C–C–N with tert-alkyl or cyclic N) is 1. The van der Waals surface area contributed by atoms with Gasteiger partial charge in [0.15, 0.2) is 11.6 Å². The van der Waals surface area contributed by atoms with Crippen LogP contribution in [0, 0.1) is 29.5 Å². The van der Waals surface area contributed by atoms with E-state index in [1.54, 1.807) is 6.07 Å². The fourth-order valence-electron chi connectivity index (χ4n) is 5.70. The molecule has 2 fully saturated rings. The van der Waals surface area contributed by atoms with Crippen molar-refractivity contribution < 1.29 is 19.0 Å². The van der Waals surface area contributed by atoms with Gasteiger partial charge in [-0.05, 0) is 74.4 Å². The second kappa shape index (κ2) is 9.92. The molecule has 0 radical (unpaired) electrons. The number of cyclic esters (lactones) is 1. The van der Waals surface area contributed by atoms with Gasteiger partial charge in [-0.2, -0.15) is 5.26 Å². The lowest BCUT2D eigenvalue weighted by Crippen LogP contribution is -2.47. The van der Waals surface area contributed by atoms with E-state index in [1.807, 2.05) is 24.0 Å². The topological polar surface area (TPSA) is 89.7 Å². The lowest BCUT2D eigenvalue weighted by Gasteiger charge is -2.47. The summed E-state index contributed by atoms with van der Waals surface area (Å²) in [4.78, 5) is 20.3. The second-order valence-electron chi connectivity index (χ2n) is 9.83. The number of carbonyl (C=O) groups is 1. The van der Waals surface area contributed by atoms with Crippen molar-refractivity contribution in [3.05, 3.63) is 58.0 Å². The smallest absolute Gasteiger partial charge is 0.338 e. The van der Waals surface area contributed by atoms with Crippen LogP contribution in [0.2, 0.25) is 0 Å². The Morgan fingerprint density at radius 1 is 1.23 bits per heavy atom. The highest BCUT2D eigenvalue weighted by Gasteiger charge is 2.38. The maximum Gasteiger partial charge on any atom is 0.338 e. The third-order valence-electron chi connectivity index (χ3n) is 7.99. The van der Waals surface area contributed by atoms with E-state index in [1.165, 1.54) is 12.3 Å². The number of aromatic nitrogens is 1. The van der Waals surface area contributed by atoms with Crippen molar-refractivity contribution in [3.63, 3.8) is 0 Å². The highest BCUT2D eigenvalue weighted by Crippen LogP contribution is 2.42. The van der Waals surface area contributed by atoms with E-state index in [2.05, 4.69) is 9.88 Å². The zero-order valence-electron chi connectivity index (χ0n) is 19.4. The van der Waals surface area contributed by atoms with Gasteiger partial charge in [-0.3, -0.25) is 0 Å². The Bertz CT molecular complexity index is 1140. The second-order valence-corrected chi connectivity index (χ2v) is 9.83. The molecule has 35 heavy (non-hydrogen) atoms. The highest BCUT2D eigenvalue weighted by molar-refractivity contribution is 5.93. The van der Waals surface area contributed by atoms with Gasteiger partial charge in [0.1, 0.15) is 12.7 Å². The Morgan fingerprint density at radius 2 is 1.91 bits per heavy atom. The average molecular weight is 481 g/mol. The van der Waals surface area contributed by atoms with Crippen LogP contribution >= 0.6 is 0 Å². The number of hydrogen-bond donors (Lipinski definition) is 1. The van der Waals surface area contributed by atoms with Gasteiger partial charge in [0.05, 0.1) is 17.2 Å². The molecule has 8 heteroatoms. The predicted octanol–water partition coefficient (Wildman–Crippen LogP) is 4.12. The number of aliphatic hydroxyl groups is 1. The number of carbonyl (C=O) groups excluding carboxylic acids is 1. The van der Waals surface area contributed by atoms with E-state index < -0.39 is 11.9 Å². The number of ether oxygens (including phenoxy) is 1. The predicted molar refractivity (Wildman–Crippen MR) is 130 cm³/mol. The fourth-order valence-corrected chi connectivity index (χ4v) is 5.70. The van der Waals surface area contributed by atoms with E-state index in [9.17, 15) is 14.3 Å². The molecule has 1 aromatic heterocycles. The van der Waals surface area contributed by atoms with Crippen LogP contribution in [-0.4, -0.2) is 53.7 Å². The van der Waals surface area contributed by atoms with Crippen molar-refractivity contribution in [3.8, 4) is 6.07 Å². The number of rotatable bonds is 4. The monoisotopic (exact) mass is 480 g/mol. The van der Waals surface area contributed by atoms with Crippen LogP contribution in [0.4, 0.5) is 10.2 Å². The van der Waals surface area contributed by atoms with Crippen molar-refractivity contribution in [2.75, 3.05) is 37.6 Å². The van der Waals surface area contributed by atoms with E-state index in [-0.39, 0.29) is 31.0 Å². The van der Waals surface area contributed by atoms with Crippen molar-refractivity contribution in [1.82, 2.24) is 9.88 Å². The maximum atomic E-state index is 14.4. The number of esters is 1. The van der Waals surface area contributed by atoms with Crippen LogP contribution < -0.4 is 4.90 Å². The zero-order valence-corrected chi connectivity index (χ0v) is 19.4. The molecule has 1 spiro atoms. The summed E-state index contributed by atoms with van der Waals surface area (Å²) in [5.74, 6) is -0.382. The Kier molecular flexibility index (Phi) is 7.11. The van der Waals surface area contributed by atoms with Crippen LogP contribution in [-0.2, 0) is 11.3 Å². The molecule has 3 aliphatic rings. The minimum atomic E-state index is -0.609. The SMILES string of the molecule is C.Cc1c(C(O)CN2CCC3(CC2)CCN(c2ncc(C#N)cc2F)CC3)ccc2c1COC2=O. The molecule has 2 saturated heterocycles. The first-order valence-electron chi connectivity index (χ1n) is 11.9. The number of aliphatic hydroxyl groups excluding tert-OH is 1. The number of likely N-dealkylation sites (tertiary alicyclic amines) is 1. The maximum absolute atomic E-state index is 14.4. The van der Waals surface area contributed by atoms with Gasteiger partial charge in [0.25, 0.3) is 0 Å². The zero-order chi connectivity index (χ0) is 23.9. The Balaban J connectivity index is 0.00000289. The van der Waals surface area contributed by atoms with Crippen LogP contribution in [0.15, 0.2) is 24.4 Å². The molecule has 0 amide bonds. The number of nitriles is 1. The van der Waals surface area contributed by atoms with Gasteiger partial charge in [0.2, 0.25) is 0 Å². The van der Waals surface area contributed by atoms with Crippen LogP contribution in [0.5, 0.6) is 0 Å². The minimum absolute atomic E-state index is 0. The number of benzene rings is 1. The number of piperidine rings is 2. The van der Waals surface area contributed by atoms with Gasteiger partial charge in [-0.25, -0.2) is 14.2 Å². The summed E-state index contributed by atoms with van der Waals surface area (Å²) >= 11 is 0. The molecule has 2 aromatic rings. The number of pyridine rings is 1. The van der Waals surface area contributed by atoms with Gasteiger partial charge in [-0.15, -0.1) is 0 Å². The summed E-state index contributed by atoms with van der Waals surface area (Å²) in [6.07, 6.45) is 4.91. The number of hydrogen-bond acceptors (Lipinski definition) is 7. The summed E-state index contributed by atoms with van der Waals surface area (Å²) in [5, 5.41) is 19.9. The third kappa shape index (κ3) is 4.75. The molecule has 1 atom stereocenters. The molecule has 7 nitrogen and oxygen atoms in total. The van der Waals surface area contributed by atoms with Crippen LogP contribution in [0.3, 0.4) is 0 Å². The van der Waals surface area contributed by atoms with Crippen molar-refractivity contribution in [2.24, 2.45) is 5.41 Å². The summed E-state index contributed by atoms with van der Waals surface area (Å²) in [5.41, 5.74) is 3.79. The molecule has 5 rings (SSSR count). The third-order valence-corrected chi connectivity index (χ3v) is 7.99. The molecule has 3 aliphatic heterocycles. The van der Waals surface area contributed by atoms with Crippen molar-refractivity contribution in [2.45, 2.75) is 52.7 Å². The number of fused-ring (bicyclic) bond motifs is 1. The minimum Gasteiger partial charge on any atom is -0.457 e. The van der Waals surface area contributed by atoms with Gasteiger partial charge in [-0.1, -0.05) is 13.5 Å². The molecule has 0 saturated carbocycles. The molecular formula is C27H33FN4O3. The summed E-state index contributed by atoms with van der Waals surface area (Å²) in [6.45, 7) is 6.16. The van der Waals surface area contributed by atoms with Crippen molar-refractivity contribution in [1.29, 1.82) is 5.26 Å². The summed E-state index contributed by atoms with van der Waals surface area (Å²) in [7, 11) is 0. The summed E-state index contributed by atoms with van der Waals surface area (Å²) in [6, 6.07) is 6.79. The van der Waals surface area contributed by atoms with Gasteiger partial charge in [0, 0.05) is 31.4 Å². The first kappa shape index (κ1) is 25.1. The standard InChI is InChI=1S/C26H29FN4O3.CH4/c1-17-19(2-3-20-21(17)16-34-25(20)33)23(32)15-30-8-4-26(5-9-30)6-10-31(11-7-26)24-22(27)12-18(13-28)14-29-24;/h2-3,12,14,23,32H,4-11,15-16H2,1H3;1H4.